The van der Waals surface area contributed by atoms with Gasteiger partial charge in [0.25, 0.3) is 5.69 Å². The van der Waals surface area contributed by atoms with Crippen molar-refractivity contribution in [2.45, 2.75) is 19.5 Å². The van der Waals surface area contributed by atoms with Gasteiger partial charge in [0.1, 0.15) is 5.82 Å². The first kappa shape index (κ1) is 20.7. The molecule has 0 saturated heterocycles. The average molecular weight is 403 g/mol. The van der Waals surface area contributed by atoms with Crippen molar-refractivity contribution in [1.29, 1.82) is 5.26 Å². The van der Waals surface area contributed by atoms with Crippen molar-refractivity contribution in [1.82, 2.24) is 4.90 Å². The van der Waals surface area contributed by atoms with Crippen LogP contribution in [0.2, 0.25) is 0 Å². The van der Waals surface area contributed by atoms with Crippen molar-refractivity contribution in [3.05, 3.63) is 111 Å². The van der Waals surface area contributed by atoms with Crippen LogP contribution in [-0.2, 0) is 24.3 Å². The molecule has 0 saturated carbocycles. The number of para-hydroxylation sites is 1. The highest BCUT2D eigenvalue weighted by molar-refractivity contribution is 5.80. The van der Waals surface area contributed by atoms with E-state index in [1.54, 1.807) is 54.6 Å². The highest BCUT2D eigenvalue weighted by Crippen LogP contribution is 2.20. The number of benzene rings is 3. The zero-order chi connectivity index (χ0) is 21.5. The van der Waals surface area contributed by atoms with Crippen LogP contribution in [0.3, 0.4) is 0 Å². The van der Waals surface area contributed by atoms with Gasteiger partial charge in [-0.2, -0.15) is 5.26 Å². The average Bonchev–Trinajstić information content (AvgIpc) is 2.74. The van der Waals surface area contributed by atoms with Gasteiger partial charge in [0.15, 0.2) is 0 Å². The number of carbonyl (C=O) groups excluding carboxylic acids is 1. The molecule has 0 fully saturated rings. The quantitative estimate of drug-likeness (QED) is 0.433. The monoisotopic (exact) mass is 403 g/mol. The molecule has 0 spiro atoms. The van der Waals surface area contributed by atoms with Gasteiger partial charge in [0.05, 0.1) is 23.0 Å². The normalized spacial score (nSPS) is 10.3. The van der Waals surface area contributed by atoms with Gasteiger partial charge in [0.2, 0.25) is 5.91 Å². The Hall–Kier alpha value is -4.05. The zero-order valence-electron chi connectivity index (χ0n) is 16.0. The fourth-order valence-electron chi connectivity index (χ4n) is 3.11. The van der Waals surface area contributed by atoms with Crippen molar-refractivity contribution in [3.8, 4) is 6.07 Å². The number of carbonyl (C=O) groups is 1. The van der Waals surface area contributed by atoms with Crippen LogP contribution in [0.5, 0.6) is 0 Å². The number of nitriles is 1. The van der Waals surface area contributed by atoms with E-state index in [9.17, 15) is 19.3 Å². The van der Waals surface area contributed by atoms with Crippen molar-refractivity contribution < 1.29 is 14.1 Å². The van der Waals surface area contributed by atoms with Crippen LogP contribution >= 0.6 is 0 Å². The van der Waals surface area contributed by atoms with E-state index in [0.717, 1.165) is 5.56 Å². The first-order chi connectivity index (χ1) is 14.5. The lowest BCUT2D eigenvalue weighted by Gasteiger charge is -2.23. The highest BCUT2D eigenvalue weighted by Gasteiger charge is 2.20. The number of nitro groups is 1. The van der Waals surface area contributed by atoms with Crippen molar-refractivity contribution >= 4 is 11.6 Å². The molecule has 0 atom stereocenters. The van der Waals surface area contributed by atoms with Crippen LogP contribution in [-0.4, -0.2) is 15.7 Å². The van der Waals surface area contributed by atoms with Crippen LogP contribution in [0, 0.1) is 27.3 Å². The summed E-state index contributed by atoms with van der Waals surface area (Å²) in [6, 6.07) is 20.9. The van der Waals surface area contributed by atoms with Gasteiger partial charge in [-0.15, -0.1) is 0 Å². The number of hydrogen-bond acceptors (Lipinski definition) is 4. The predicted molar refractivity (Wildman–Crippen MR) is 109 cm³/mol. The Morgan fingerprint density at radius 2 is 1.70 bits per heavy atom. The first-order valence-electron chi connectivity index (χ1n) is 9.20. The maximum atomic E-state index is 13.6. The van der Waals surface area contributed by atoms with E-state index in [4.69, 9.17) is 5.26 Å². The molecular weight excluding hydrogens is 385 g/mol. The van der Waals surface area contributed by atoms with Crippen molar-refractivity contribution in [3.63, 3.8) is 0 Å². The first-order valence-corrected chi connectivity index (χ1v) is 9.20. The summed E-state index contributed by atoms with van der Waals surface area (Å²) in [6.45, 7) is 0.374. The van der Waals surface area contributed by atoms with Gasteiger partial charge in [0, 0.05) is 24.7 Å². The standard InChI is InChI=1S/C23H18FN3O3/c24-21-6-3-4-19(12-21)16-26(15-18-10-8-17(14-25)9-11-18)23(28)13-20-5-1-2-7-22(20)27(29)30/h1-12H,13,15-16H2. The lowest BCUT2D eigenvalue weighted by molar-refractivity contribution is -0.385. The maximum absolute atomic E-state index is 13.6. The molecular formula is C23H18FN3O3. The summed E-state index contributed by atoms with van der Waals surface area (Å²) in [5.41, 5.74) is 2.11. The second kappa shape index (κ2) is 9.43. The smallest absolute Gasteiger partial charge is 0.273 e. The summed E-state index contributed by atoms with van der Waals surface area (Å²) < 4.78 is 13.6. The fourth-order valence-corrected chi connectivity index (χ4v) is 3.11. The molecule has 0 aromatic heterocycles. The van der Waals surface area contributed by atoms with Crippen LogP contribution in [0.1, 0.15) is 22.3 Å². The molecule has 6 nitrogen and oxygen atoms in total. The lowest BCUT2D eigenvalue weighted by Crippen LogP contribution is -2.31. The number of amides is 1. The Morgan fingerprint density at radius 1 is 1.00 bits per heavy atom. The van der Waals surface area contributed by atoms with Crippen LogP contribution in [0.25, 0.3) is 0 Å². The molecule has 150 valence electrons. The fraction of sp³-hybridized carbons (Fsp3) is 0.130. The van der Waals surface area contributed by atoms with E-state index in [0.29, 0.717) is 16.7 Å². The van der Waals surface area contributed by atoms with Crippen LogP contribution < -0.4 is 0 Å². The molecule has 0 heterocycles. The minimum Gasteiger partial charge on any atom is -0.334 e. The highest BCUT2D eigenvalue weighted by atomic mass is 19.1. The predicted octanol–water partition coefficient (Wildman–Crippen LogP) is 4.38. The van der Waals surface area contributed by atoms with Gasteiger partial charge in [-0.1, -0.05) is 42.5 Å². The van der Waals surface area contributed by atoms with Crippen LogP contribution in [0.4, 0.5) is 10.1 Å². The Labute approximate surface area is 173 Å². The van der Waals surface area contributed by atoms with Crippen molar-refractivity contribution in [2.24, 2.45) is 0 Å². The molecule has 30 heavy (non-hydrogen) atoms. The van der Waals surface area contributed by atoms with Crippen molar-refractivity contribution in [2.75, 3.05) is 0 Å². The number of nitrogens with zero attached hydrogens (tertiary/aromatic N) is 3. The number of nitro benzene ring substituents is 1. The third-order valence-corrected chi connectivity index (χ3v) is 4.60. The number of hydrogen-bond donors (Lipinski definition) is 0. The van der Waals surface area contributed by atoms with Gasteiger partial charge >= 0.3 is 0 Å². The minimum absolute atomic E-state index is 0.116. The summed E-state index contributed by atoms with van der Waals surface area (Å²) in [5, 5.41) is 20.2. The molecule has 3 aromatic rings. The Kier molecular flexibility index (Phi) is 6.50. The molecule has 0 bridgehead atoms. The molecule has 1 amide bonds. The number of rotatable bonds is 7. The molecule has 3 aromatic carbocycles. The lowest BCUT2D eigenvalue weighted by atomic mass is 10.1. The molecule has 0 aliphatic rings. The molecule has 0 aliphatic carbocycles. The van der Waals surface area contributed by atoms with E-state index >= 15 is 0 Å². The largest absolute Gasteiger partial charge is 0.334 e. The summed E-state index contributed by atoms with van der Waals surface area (Å²) >= 11 is 0. The molecule has 0 radical (unpaired) electrons. The molecule has 0 N–H and O–H groups in total. The second-order valence-corrected chi connectivity index (χ2v) is 6.75. The van der Waals surface area contributed by atoms with Crippen LogP contribution in [0.15, 0.2) is 72.8 Å². The third-order valence-electron chi connectivity index (χ3n) is 4.60. The summed E-state index contributed by atoms with van der Waals surface area (Å²) in [7, 11) is 0. The molecule has 0 aliphatic heterocycles. The van der Waals surface area contributed by atoms with E-state index in [1.165, 1.54) is 23.1 Å². The Morgan fingerprint density at radius 3 is 2.37 bits per heavy atom. The second-order valence-electron chi connectivity index (χ2n) is 6.75. The molecule has 0 unspecified atom stereocenters. The van der Waals surface area contributed by atoms with Gasteiger partial charge in [-0.25, -0.2) is 4.39 Å². The van der Waals surface area contributed by atoms with E-state index < -0.39 is 10.7 Å². The Bertz CT molecular complexity index is 1110. The topological polar surface area (TPSA) is 87.2 Å². The SMILES string of the molecule is N#Cc1ccc(CN(Cc2cccc(F)c2)C(=O)Cc2ccccc2[N+](=O)[O-])cc1. The number of halogens is 1. The summed E-state index contributed by atoms with van der Waals surface area (Å²) in [6.07, 6.45) is -0.150. The molecule has 3 rings (SSSR count). The summed E-state index contributed by atoms with van der Waals surface area (Å²) in [5.74, 6) is -0.727. The van der Waals surface area contributed by atoms with Gasteiger partial charge in [-0.05, 0) is 35.4 Å². The maximum Gasteiger partial charge on any atom is 0.273 e. The van der Waals surface area contributed by atoms with Gasteiger partial charge < -0.3 is 4.90 Å². The minimum atomic E-state index is -0.514. The van der Waals surface area contributed by atoms with Gasteiger partial charge in [-0.3, -0.25) is 14.9 Å². The third kappa shape index (κ3) is 5.26. The van der Waals surface area contributed by atoms with E-state index in [-0.39, 0.29) is 31.1 Å². The summed E-state index contributed by atoms with van der Waals surface area (Å²) in [4.78, 5) is 25.3. The molecule has 7 heteroatoms. The zero-order valence-corrected chi connectivity index (χ0v) is 16.0. The van der Waals surface area contributed by atoms with E-state index in [1.807, 2.05) is 6.07 Å². The van der Waals surface area contributed by atoms with E-state index in [2.05, 4.69) is 0 Å². The Balaban J connectivity index is 1.86.